The van der Waals surface area contributed by atoms with Gasteiger partial charge in [-0.05, 0) is 54.7 Å². The fourth-order valence-electron chi connectivity index (χ4n) is 4.50. The van der Waals surface area contributed by atoms with E-state index in [1.165, 1.54) is 6.08 Å². The zero-order chi connectivity index (χ0) is 24.0. The zero-order valence-corrected chi connectivity index (χ0v) is 19.1. The van der Waals surface area contributed by atoms with Gasteiger partial charge < -0.3 is 15.2 Å². The Kier molecular flexibility index (Phi) is 7.06. The van der Waals surface area contributed by atoms with Crippen LogP contribution >= 0.6 is 0 Å². The van der Waals surface area contributed by atoms with Gasteiger partial charge in [0, 0.05) is 24.5 Å². The van der Waals surface area contributed by atoms with Crippen LogP contribution in [-0.4, -0.2) is 38.9 Å². The predicted molar refractivity (Wildman–Crippen MR) is 129 cm³/mol. The Morgan fingerprint density at radius 3 is 2.76 bits per heavy atom. The number of carboxylic acid groups (broad SMARTS) is 1. The molecule has 0 radical (unpaired) electrons. The van der Waals surface area contributed by atoms with Crippen LogP contribution in [0.4, 0.5) is 5.69 Å². The molecule has 176 valence electrons. The van der Waals surface area contributed by atoms with Gasteiger partial charge in [-0.1, -0.05) is 25.3 Å². The Balaban J connectivity index is 1.53. The minimum atomic E-state index is -1.04. The molecule has 2 heterocycles. The minimum Gasteiger partial charge on any atom is -0.497 e. The van der Waals surface area contributed by atoms with Crippen molar-refractivity contribution in [2.24, 2.45) is 5.41 Å². The monoisotopic (exact) mass is 460 g/mol. The first-order valence-corrected chi connectivity index (χ1v) is 11.3. The van der Waals surface area contributed by atoms with E-state index in [2.05, 4.69) is 15.4 Å². The maximum absolute atomic E-state index is 13.5. The maximum Gasteiger partial charge on any atom is 0.328 e. The summed E-state index contributed by atoms with van der Waals surface area (Å²) in [6.07, 6.45) is 14.7. The van der Waals surface area contributed by atoms with Crippen molar-refractivity contribution in [3.8, 4) is 11.4 Å². The highest BCUT2D eigenvalue weighted by atomic mass is 16.5. The van der Waals surface area contributed by atoms with E-state index in [-0.39, 0.29) is 5.91 Å². The smallest absolute Gasteiger partial charge is 0.328 e. The lowest BCUT2D eigenvalue weighted by atomic mass is 9.70. The highest BCUT2D eigenvalue weighted by Crippen LogP contribution is 2.40. The Bertz CT molecular complexity index is 1190. The highest BCUT2D eigenvalue weighted by Gasteiger charge is 2.40. The van der Waals surface area contributed by atoms with Crippen molar-refractivity contribution >= 4 is 23.6 Å². The third kappa shape index (κ3) is 5.51. The van der Waals surface area contributed by atoms with E-state index < -0.39 is 11.4 Å². The van der Waals surface area contributed by atoms with Crippen LogP contribution in [-0.2, 0) is 16.0 Å². The normalized spacial score (nSPS) is 15.2. The molecule has 3 aromatic rings. The average molecular weight is 461 g/mol. The summed E-state index contributed by atoms with van der Waals surface area (Å²) in [4.78, 5) is 28.5. The quantitative estimate of drug-likeness (QED) is 0.479. The first-order valence-electron chi connectivity index (χ1n) is 11.3. The van der Waals surface area contributed by atoms with Crippen molar-refractivity contribution in [2.75, 3.05) is 12.4 Å². The van der Waals surface area contributed by atoms with E-state index in [0.29, 0.717) is 17.7 Å². The van der Waals surface area contributed by atoms with Gasteiger partial charge in [-0.3, -0.25) is 9.78 Å². The second-order valence-electron chi connectivity index (χ2n) is 8.65. The predicted octanol–water partition coefficient (Wildman–Crippen LogP) is 4.51. The summed E-state index contributed by atoms with van der Waals surface area (Å²) in [6.45, 7) is 0. The van der Waals surface area contributed by atoms with Crippen molar-refractivity contribution in [1.82, 2.24) is 14.8 Å². The van der Waals surface area contributed by atoms with Crippen molar-refractivity contribution < 1.29 is 19.4 Å². The molecule has 1 saturated carbocycles. The second-order valence-corrected chi connectivity index (χ2v) is 8.65. The summed E-state index contributed by atoms with van der Waals surface area (Å²) in [5.41, 5.74) is 2.51. The van der Waals surface area contributed by atoms with Crippen molar-refractivity contribution in [1.29, 1.82) is 0 Å². The number of carboxylic acids is 1. The van der Waals surface area contributed by atoms with E-state index in [4.69, 9.17) is 9.84 Å². The number of carbonyl (C=O) groups excluding carboxylic acids is 1. The molecule has 4 rings (SSSR count). The lowest BCUT2D eigenvalue weighted by Crippen LogP contribution is -2.40. The fourth-order valence-corrected chi connectivity index (χ4v) is 4.50. The number of nitrogens with zero attached hydrogens (tertiary/aromatic N) is 3. The van der Waals surface area contributed by atoms with Gasteiger partial charge in [0.25, 0.3) is 0 Å². The number of anilines is 1. The summed E-state index contributed by atoms with van der Waals surface area (Å²) in [7, 11) is 1.63. The zero-order valence-electron chi connectivity index (χ0n) is 19.1. The Hall–Kier alpha value is -3.94. The molecule has 1 amide bonds. The largest absolute Gasteiger partial charge is 0.497 e. The Morgan fingerprint density at radius 1 is 1.18 bits per heavy atom. The van der Waals surface area contributed by atoms with Gasteiger partial charge >= 0.3 is 5.97 Å². The van der Waals surface area contributed by atoms with E-state index in [1.807, 2.05) is 36.7 Å². The molecule has 34 heavy (non-hydrogen) atoms. The molecule has 2 N–H and O–H groups in total. The number of aliphatic carboxylic acids is 1. The number of hydrogen-bond acceptors (Lipinski definition) is 5. The van der Waals surface area contributed by atoms with E-state index >= 15 is 0 Å². The molecule has 1 aliphatic rings. The van der Waals surface area contributed by atoms with Crippen molar-refractivity contribution in [3.63, 3.8) is 0 Å². The number of nitrogens with one attached hydrogen (secondary N) is 1. The number of ether oxygens (including phenoxy) is 1. The standard InChI is InChI=1S/C26H28N4O4/c1-34-23-7-5-6-22(13-23)30-18-20(16-28-30)14-26(10-3-2-4-11-26)25(33)29-21-12-19(15-27-17-21)8-9-24(31)32/h5-9,12-13,15-18H,2-4,10-11,14H2,1H3,(H,29,33)(H,31,32)/b9-8+. The van der Waals surface area contributed by atoms with Crippen molar-refractivity contribution in [3.05, 3.63) is 72.3 Å². The van der Waals surface area contributed by atoms with Crippen LogP contribution in [0.25, 0.3) is 11.8 Å². The summed E-state index contributed by atoms with van der Waals surface area (Å²) in [6, 6.07) is 9.40. The van der Waals surface area contributed by atoms with Gasteiger partial charge in [-0.2, -0.15) is 5.10 Å². The average Bonchev–Trinajstić information content (AvgIpc) is 3.32. The molecule has 1 fully saturated rings. The molecule has 2 aromatic heterocycles. The molecule has 0 atom stereocenters. The molecular weight excluding hydrogens is 432 g/mol. The molecule has 0 aliphatic heterocycles. The van der Waals surface area contributed by atoms with Crippen LogP contribution in [0.5, 0.6) is 5.75 Å². The molecule has 1 aromatic carbocycles. The van der Waals surface area contributed by atoms with Crippen LogP contribution in [0, 0.1) is 5.41 Å². The third-order valence-electron chi connectivity index (χ3n) is 6.22. The molecule has 0 bridgehead atoms. The molecule has 0 spiro atoms. The lowest BCUT2D eigenvalue weighted by Gasteiger charge is -2.35. The number of hydrogen-bond donors (Lipinski definition) is 2. The summed E-state index contributed by atoms with van der Waals surface area (Å²) in [5, 5.41) is 16.4. The van der Waals surface area contributed by atoms with Crippen LogP contribution in [0.3, 0.4) is 0 Å². The second kappa shape index (κ2) is 10.3. The number of aromatic nitrogens is 3. The molecule has 8 heteroatoms. The Morgan fingerprint density at radius 2 is 2.00 bits per heavy atom. The summed E-state index contributed by atoms with van der Waals surface area (Å²) in [5.74, 6) is -0.320. The number of pyridine rings is 1. The number of methoxy groups -OCH3 is 1. The van der Waals surface area contributed by atoms with Gasteiger partial charge in [-0.25, -0.2) is 9.48 Å². The van der Waals surface area contributed by atoms with Gasteiger partial charge in [0.05, 0.1) is 36.3 Å². The van der Waals surface area contributed by atoms with Crippen molar-refractivity contribution in [2.45, 2.75) is 38.5 Å². The molecular formula is C26H28N4O4. The van der Waals surface area contributed by atoms with E-state index in [1.54, 1.807) is 30.3 Å². The maximum atomic E-state index is 13.5. The summed E-state index contributed by atoms with van der Waals surface area (Å²) >= 11 is 0. The number of benzene rings is 1. The molecule has 1 aliphatic carbocycles. The van der Waals surface area contributed by atoms with Gasteiger partial charge in [0.2, 0.25) is 5.91 Å². The number of rotatable bonds is 8. The van der Waals surface area contributed by atoms with Crippen LogP contribution in [0.1, 0.15) is 43.2 Å². The fraction of sp³-hybridized carbons (Fsp3) is 0.308. The van der Waals surface area contributed by atoms with E-state index in [0.717, 1.165) is 55.2 Å². The van der Waals surface area contributed by atoms with Gasteiger partial charge in [0.15, 0.2) is 0 Å². The third-order valence-corrected chi connectivity index (χ3v) is 6.22. The first-order chi connectivity index (χ1) is 16.5. The topological polar surface area (TPSA) is 106 Å². The molecule has 0 unspecified atom stereocenters. The number of carbonyl (C=O) groups is 2. The Labute approximate surface area is 198 Å². The number of amides is 1. The highest BCUT2D eigenvalue weighted by molar-refractivity contribution is 5.96. The van der Waals surface area contributed by atoms with Crippen LogP contribution < -0.4 is 10.1 Å². The van der Waals surface area contributed by atoms with Crippen LogP contribution in [0.15, 0.2) is 61.2 Å². The van der Waals surface area contributed by atoms with Gasteiger partial charge in [0.1, 0.15) is 5.75 Å². The molecule has 0 saturated heterocycles. The minimum absolute atomic E-state index is 0.0394. The van der Waals surface area contributed by atoms with E-state index in [9.17, 15) is 9.59 Å². The first kappa shape index (κ1) is 23.2. The molecule has 8 nitrogen and oxygen atoms in total. The summed E-state index contributed by atoms with van der Waals surface area (Å²) < 4.78 is 7.11. The SMILES string of the molecule is COc1cccc(-n2cc(CC3(C(=O)Nc4cncc(/C=C/C(=O)O)c4)CCCCC3)cn2)c1. The van der Waals surface area contributed by atoms with Gasteiger partial charge in [-0.15, -0.1) is 0 Å². The lowest BCUT2D eigenvalue weighted by molar-refractivity contribution is -0.131. The van der Waals surface area contributed by atoms with Crippen LogP contribution in [0.2, 0.25) is 0 Å².